The van der Waals surface area contributed by atoms with E-state index in [9.17, 15) is 4.79 Å². The number of hydrogen-bond donors (Lipinski definition) is 1. The van der Waals surface area contributed by atoms with Crippen molar-refractivity contribution >= 4 is 6.09 Å². The van der Waals surface area contributed by atoms with Gasteiger partial charge in [0, 0.05) is 19.1 Å². The lowest BCUT2D eigenvalue weighted by molar-refractivity contribution is 0.0152. The number of piperidine rings is 1. The molecule has 1 fully saturated rings. The molecule has 0 unspecified atom stereocenters. The van der Waals surface area contributed by atoms with Gasteiger partial charge in [-0.3, -0.25) is 0 Å². The van der Waals surface area contributed by atoms with Crippen LogP contribution in [0.25, 0.3) is 0 Å². The summed E-state index contributed by atoms with van der Waals surface area (Å²) in [5, 5.41) is 0. The fourth-order valence-corrected chi connectivity index (χ4v) is 2.74. The fraction of sp³-hybridized carbons (Fsp3) is 0.588. The van der Waals surface area contributed by atoms with Crippen LogP contribution in [0.2, 0.25) is 0 Å². The number of carbonyl (C=O) groups excluding carboxylic acids is 1. The summed E-state index contributed by atoms with van der Waals surface area (Å²) in [7, 11) is 0. The van der Waals surface area contributed by atoms with Gasteiger partial charge < -0.3 is 15.4 Å². The monoisotopic (exact) mass is 290 g/mol. The second-order valence-corrected chi connectivity index (χ2v) is 6.77. The first-order valence-electron chi connectivity index (χ1n) is 7.65. The van der Waals surface area contributed by atoms with Gasteiger partial charge in [0.25, 0.3) is 0 Å². The van der Waals surface area contributed by atoms with Crippen molar-refractivity contribution < 1.29 is 9.53 Å². The van der Waals surface area contributed by atoms with E-state index in [1.54, 1.807) is 4.90 Å². The zero-order chi connectivity index (χ0) is 15.5. The lowest BCUT2D eigenvalue weighted by Crippen LogP contribution is -2.45. The number of nitrogens with two attached hydrogens (primary N) is 1. The Morgan fingerprint density at radius 2 is 2.00 bits per heavy atom. The Morgan fingerprint density at radius 1 is 1.33 bits per heavy atom. The quantitative estimate of drug-likeness (QED) is 0.909. The van der Waals surface area contributed by atoms with E-state index >= 15 is 0 Å². The van der Waals surface area contributed by atoms with Crippen LogP contribution in [0.3, 0.4) is 0 Å². The van der Waals surface area contributed by atoms with E-state index < -0.39 is 5.60 Å². The highest BCUT2D eigenvalue weighted by Gasteiger charge is 2.30. The highest BCUT2D eigenvalue weighted by atomic mass is 16.6. The van der Waals surface area contributed by atoms with E-state index in [-0.39, 0.29) is 18.1 Å². The lowest BCUT2D eigenvalue weighted by atomic mass is 9.87. The van der Waals surface area contributed by atoms with Crippen LogP contribution in [0.5, 0.6) is 0 Å². The number of carbonyl (C=O) groups is 1. The van der Waals surface area contributed by atoms with E-state index in [1.165, 1.54) is 0 Å². The molecule has 4 nitrogen and oxygen atoms in total. The Kier molecular flexibility index (Phi) is 4.88. The normalized spacial score (nSPS) is 21.0. The topological polar surface area (TPSA) is 55.6 Å². The van der Waals surface area contributed by atoms with Gasteiger partial charge in [-0.15, -0.1) is 0 Å². The molecule has 1 heterocycles. The number of amides is 1. The minimum absolute atomic E-state index is 0.0311. The molecule has 0 radical (unpaired) electrons. The molecule has 2 N–H and O–H groups in total. The second kappa shape index (κ2) is 6.48. The summed E-state index contributed by atoms with van der Waals surface area (Å²) in [4.78, 5) is 14.0. The van der Waals surface area contributed by atoms with Crippen LogP contribution < -0.4 is 5.73 Å². The van der Waals surface area contributed by atoms with Gasteiger partial charge in [0.1, 0.15) is 5.60 Å². The smallest absolute Gasteiger partial charge is 0.410 e. The van der Waals surface area contributed by atoms with Crippen LogP contribution in [0.4, 0.5) is 4.79 Å². The van der Waals surface area contributed by atoms with Gasteiger partial charge in [0.15, 0.2) is 0 Å². The molecule has 116 valence electrons. The van der Waals surface area contributed by atoms with Crippen LogP contribution in [-0.2, 0) is 4.74 Å². The predicted molar refractivity (Wildman–Crippen MR) is 83.9 cm³/mol. The molecule has 0 spiro atoms. The Labute approximate surface area is 127 Å². The first kappa shape index (κ1) is 15.8. The van der Waals surface area contributed by atoms with Gasteiger partial charge in [-0.2, -0.15) is 0 Å². The third kappa shape index (κ3) is 4.46. The van der Waals surface area contributed by atoms with Gasteiger partial charge >= 0.3 is 6.09 Å². The first-order chi connectivity index (χ1) is 9.87. The van der Waals surface area contributed by atoms with Gasteiger partial charge in [-0.1, -0.05) is 30.3 Å². The van der Waals surface area contributed by atoms with Crippen molar-refractivity contribution in [3.63, 3.8) is 0 Å². The molecule has 2 atom stereocenters. The van der Waals surface area contributed by atoms with Crippen molar-refractivity contribution in [1.29, 1.82) is 0 Å². The molecule has 1 aliphatic heterocycles. The molecule has 21 heavy (non-hydrogen) atoms. The summed E-state index contributed by atoms with van der Waals surface area (Å²) >= 11 is 0. The number of ether oxygens (including phenoxy) is 1. The fourth-order valence-electron chi connectivity index (χ4n) is 2.74. The molecule has 1 aromatic rings. The van der Waals surface area contributed by atoms with E-state index in [2.05, 4.69) is 12.1 Å². The van der Waals surface area contributed by atoms with Crippen LogP contribution >= 0.6 is 0 Å². The minimum atomic E-state index is -0.453. The predicted octanol–water partition coefficient (Wildman–Crippen LogP) is 3.33. The molecule has 4 heteroatoms. The summed E-state index contributed by atoms with van der Waals surface area (Å²) in [5.74, 6) is 0.286. The molecule has 0 aliphatic carbocycles. The molecule has 2 rings (SSSR count). The number of likely N-dealkylation sites (tertiary alicyclic amines) is 1. The van der Waals surface area contributed by atoms with E-state index in [1.807, 2.05) is 39.0 Å². The third-order valence-corrected chi connectivity index (χ3v) is 3.80. The van der Waals surface area contributed by atoms with E-state index in [0.29, 0.717) is 6.54 Å². The molecule has 0 aromatic heterocycles. The standard InChI is InChI=1S/C17H26N2O2/c1-17(2,3)21-16(20)19-11-7-10-14(12-19)15(18)13-8-5-4-6-9-13/h4-6,8-9,14-15H,7,10-12,18H2,1-3H3/t14-,15-/m0/s1. The molecular formula is C17H26N2O2. The maximum Gasteiger partial charge on any atom is 0.410 e. The van der Waals surface area contributed by atoms with Crippen molar-refractivity contribution in [3.8, 4) is 0 Å². The van der Waals surface area contributed by atoms with Crippen molar-refractivity contribution in [1.82, 2.24) is 4.90 Å². The molecule has 1 aliphatic rings. The molecular weight excluding hydrogens is 264 g/mol. The Hall–Kier alpha value is -1.55. The van der Waals surface area contributed by atoms with Gasteiger partial charge in [0.05, 0.1) is 0 Å². The number of nitrogens with zero attached hydrogens (tertiary/aromatic N) is 1. The highest BCUT2D eigenvalue weighted by Crippen LogP contribution is 2.28. The highest BCUT2D eigenvalue weighted by molar-refractivity contribution is 5.68. The van der Waals surface area contributed by atoms with Crippen molar-refractivity contribution in [3.05, 3.63) is 35.9 Å². The zero-order valence-electron chi connectivity index (χ0n) is 13.2. The minimum Gasteiger partial charge on any atom is -0.444 e. The summed E-state index contributed by atoms with van der Waals surface area (Å²) < 4.78 is 5.46. The van der Waals surface area contributed by atoms with Crippen molar-refractivity contribution in [2.75, 3.05) is 13.1 Å². The van der Waals surface area contributed by atoms with Crippen LogP contribution in [0.15, 0.2) is 30.3 Å². The van der Waals surface area contributed by atoms with Crippen LogP contribution in [-0.4, -0.2) is 29.7 Å². The largest absolute Gasteiger partial charge is 0.444 e. The van der Waals surface area contributed by atoms with E-state index in [0.717, 1.165) is 24.9 Å². The SMILES string of the molecule is CC(C)(C)OC(=O)N1CCC[C@H]([C@@H](N)c2ccccc2)C1. The van der Waals surface area contributed by atoms with Gasteiger partial charge in [-0.05, 0) is 45.1 Å². The van der Waals surface area contributed by atoms with E-state index in [4.69, 9.17) is 10.5 Å². The number of benzene rings is 1. The van der Waals surface area contributed by atoms with Gasteiger partial charge in [0.2, 0.25) is 0 Å². The third-order valence-electron chi connectivity index (χ3n) is 3.80. The molecule has 1 saturated heterocycles. The lowest BCUT2D eigenvalue weighted by Gasteiger charge is -2.36. The van der Waals surface area contributed by atoms with Gasteiger partial charge in [-0.25, -0.2) is 4.79 Å². The molecule has 1 aromatic carbocycles. The Morgan fingerprint density at radius 3 is 2.62 bits per heavy atom. The average molecular weight is 290 g/mol. The van der Waals surface area contributed by atoms with Crippen LogP contribution in [0, 0.1) is 5.92 Å². The van der Waals surface area contributed by atoms with Crippen molar-refractivity contribution in [2.24, 2.45) is 11.7 Å². The number of rotatable bonds is 2. The molecule has 0 bridgehead atoms. The first-order valence-corrected chi connectivity index (χ1v) is 7.65. The summed E-state index contributed by atoms with van der Waals surface area (Å²) in [6.45, 7) is 7.10. The maximum absolute atomic E-state index is 12.2. The molecule has 0 saturated carbocycles. The zero-order valence-corrected chi connectivity index (χ0v) is 13.2. The second-order valence-electron chi connectivity index (χ2n) is 6.77. The summed E-state index contributed by atoms with van der Waals surface area (Å²) in [5.41, 5.74) is 7.06. The average Bonchev–Trinajstić information content (AvgIpc) is 2.46. The molecule has 1 amide bonds. The Bertz CT molecular complexity index is 467. The number of hydrogen-bond acceptors (Lipinski definition) is 3. The van der Waals surface area contributed by atoms with Crippen molar-refractivity contribution in [2.45, 2.75) is 45.3 Å². The maximum atomic E-state index is 12.2. The summed E-state index contributed by atoms with van der Waals surface area (Å²) in [6.07, 6.45) is 1.80. The summed E-state index contributed by atoms with van der Waals surface area (Å²) in [6, 6.07) is 10.1. The Balaban J connectivity index is 1.99. The van der Waals surface area contributed by atoms with Crippen LogP contribution in [0.1, 0.15) is 45.2 Å².